The summed E-state index contributed by atoms with van der Waals surface area (Å²) in [4.78, 5) is 25.9. The van der Waals surface area contributed by atoms with Crippen molar-refractivity contribution < 1.29 is 32.9 Å². The standard InChI is InChI=1S/C22H26FNO6/c1-14(2)30-19-9-7-16(11-20(19)28-5)22(26)29-13-21(25)24(3)12-15-6-8-18(27-4)17(23)10-15/h6-11,14H,12-13H2,1-5H3. The van der Waals surface area contributed by atoms with Crippen LogP contribution in [0.5, 0.6) is 17.2 Å². The fourth-order valence-corrected chi connectivity index (χ4v) is 2.64. The molecule has 0 radical (unpaired) electrons. The lowest BCUT2D eigenvalue weighted by atomic mass is 10.2. The second-order valence-electron chi connectivity index (χ2n) is 6.83. The number of nitrogens with zero attached hydrogens (tertiary/aromatic N) is 1. The van der Waals surface area contributed by atoms with Gasteiger partial charge in [0, 0.05) is 13.6 Å². The van der Waals surface area contributed by atoms with E-state index >= 15 is 0 Å². The number of hydrogen-bond acceptors (Lipinski definition) is 6. The van der Waals surface area contributed by atoms with Gasteiger partial charge >= 0.3 is 5.97 Å². The zero-order valence-electron chi connectivity index (χ0n) is 17.7. The summed E-state index contributed by atoms with van der Waals surface area (Å²) in [5.74, 6) is -0.578. The largest absolute Gasteiger partial charge is 0.494 e. The highest BCUT2D eigenvalue weighted by Gasteiger charge is 2.17. The normalized spacial score (nSPS) is 10.5. The number of benzene rings is 2. The van der Waals surface area contributed by atoms with E-state index in [2.05, 4.69) is 0 Å². The first-order chi connectivity index (χ1) is 14.2. The van der Waals surface area contributed by atoms with Gasteiger partial charge in [0.05, 0.1) is 25.9 Å². The molecule has 0 aliphatic heterocycles. The van der Waals surface area contributed by atoms with Crippen LogP contribution in [0.25, 0.3) is 0 Å². The quantitative estimate of drug-likeness (QED) is 0.580. The van der Waals surface area contributed by atoms with Crippen LogP contribution in [0.1, 0.15) is 29.8 Å². The van der Waals surface area contributed by atoms with Gasteiger partial charge in [0.15, 0.2) is 29.7 Å². The van der Waals surface area contributed by atoms with E-state index in [0.29, 0.717) is 17.1 Å². The summed E-state index contributed by atoms with van der Waals surface area (Å²) in [5.41, 5.74) is 0.816. The number of carbonyl (C=O) groups excluding carboxylic acids is 2. The molecule has 2 aromatic rings. The van der Waals surface area contributed by atoms with Gasteiger partial charge in [-0.15, -0.1) is 0 Å². The molecule has 7 nitrogen and oxygen atoms in total. The summed E-state index contributed by atoms with van der Waals surface area (Å²) >= 11 is 0. The Morgan fingerprint density at radius 3 is 2.27 bits per heavy atom. The lowest BCUT2D eigenvalue weighted by Crippen LogP contribution is -2.30. The number of hydrogen-bond donors (Lipinski definition) is 0. The maximum absolute atomic E-state index is 13.8. The molecule has 0 aliphatic rings. The Bertz CT molecular complexity index is 899. The Kier molecular flexibility index (Phi) is 8.03. The summed E-state index contributed by atoms with van der Waals surface area (Å²) in [5, 5.41) is 0. The van der Waals surface area contributed by atoms with E-state index < -0.39 is 24.3 Å². The predicted molar refractivity (Wildman–Crippen MR) is 108 cm³/mol. The van der Waals surface area contributed by atoms with Crippen LogP contribution in [0, 0.1) is 5.82 Å². The number of likely N-dealkylation sites (N-methyl/N-ethyl adjacent to an activating group) is 1. The van der Waals surface area contributed by atoms with E-state index in [-0.39, 0.29) is 24.0 Å². The highest BCUT2D eigenvalue weighted by molar-refractivity contribution is 5.92. The van der Waals surface area contributed by atoms with Crippen molar-refractivity contribution in [3.63, 3.8) is 0 Å². The number of carbonyl (C=O) groups is 2. The van der Waals surface area contributed by atoms with E-state index in [1.54, 1.807) is 19.2 Å². The number of rotatable bonds is 9. The van der Waals surface area contributed by atoms with Crippen LogP contribution in [0.4, 0.5) is 4.39 Å². The van der Waals surface area contributed by atoms with E-state index in [4.69, 9.17) is 18.9 Å². The molecule has 0 atom stereocenters. The third-order valence-corrected chi connectivity index (χ3v) is 4.15. The van der Waals surface area contributed by atoms with Crippen molar-refractivity contribution in [3.05, 3.63) is 53.3 Å². The first-order valence-corrected chi connectivity index (χ1v) is 9.33. The van der Waals surface area contributed by atoms with Crippen LogP contribution in [0.15, 0.2) is 36.4 Å². The molecule has 0 heterocycles. The SMILES string of the molecule is COc1ccc(CN(C)C(=O)COC(=O)c2ccc(OC(C)C)c(OC)c2)cc1F. The van der Waals surface area contributed by atoms with Crippen molar-refractivity contribution in [2.45, 2.75) is 26.5 Å². The minimum atomic E-state index is -0.665. The van der Waals surface area contributed by atoms with Crippen LogP contribution in [0.2, 0.25) is 0 Å². The van der Waals surface area contributed by atoms with Crippen LogP contribution in [0.3, 0.4) is 0 Å². The maximum Gasteiger partial charge on any atom is 0.338 e. The molecule has 2 aromatic carbocycles. The maximum atomic E-state index is 13.8. The lowest BCUT2D eigenvalue weighted by molar-refractivity contribution is -0.133. The molecule has 0 N–H and O–H groups in total. The Hall–Kier alpha value is -3.29. The highest BCUT2D eigenvalue weighted by Crippen LogP contribution is 2.29. The minimum absolute atomic E-state index is 0.0518. The smallest absolute Gasteiger partial charge is 0.338 e. The van der Waals surface area contributed by atoms with E-state index in [1.807, 2.05) is 13.8 Å². The Balaban J connectivity index is 1.95. The van der Waals surface area contributed by atoms with Crippen LogP contribution < -0.4 is 14.2 Å². The van der Waals surface area contributed by atoms with Crippen molar-refractivity contribution in [1.82, 2.24) is 4.90 Å². The third-order valence-electron chi connectivity index (χ3n) is 4.15. The molecule has 0 unspecified atom stereocenters. The van der Waals surface area contributed by atoms with Gasteiger partial charge in [-0.2, -0.15) is 0 Å². The van der Waals surface area contributed by atoms with Gasteiger partial charge < -0.3 is 23.8 Å². The summed E-state index contributed by atoms with van der Waals surface area (Å²) in [6, 6.07) is 9.09. The number of ether oxygens (including phenoxy) is 4. The van der Waals surface area contributed by atoms with Crippen molar-refractivity contribution in [2.75, 3.05) is 27.9 Å². The zero-order chi connectivity index (χ0) is 22.3. The van der Waals surface area contributed by atoms with Gasteiger partial charge in [0.25, 0.3) is 5.91 Å². The van der Waals surface area contributed by atoms with E-state index in [0.717, 1.165) is 0 Å². The average Bonchev–Trinajstić information content (AvgIpc) is 2.71. The van der Waals surface area contributed by atoms with Gasteiger partial charge in [-0.1, -0.05) is 6.07 Å². The van der Waals surface area contributed by atoms with E-state index in [1.165, 1.54) is 43.4 Å². The van der Waals surface area contributed by atoms with Crippen molar-refractivity contribution in [2.24, 2.45) is 0 Å². The summed E-state index contributed by atoms with van der Waals surface area (Å²) in [7, 11) is 4.39. The molecular formula is C22H26FNO6. The molecule has 2 rings (SSSR count). The third kappa shape index (κ3) is 6.10. The van der Waals surface area contributed by atoms with E-state index in [9.17, 15) is 14.0 Å². The van der Waals surface area contributed by atoms with Crippen LogP contribution in [-0.4, -0.2) is 50.8 Å². The molecule has 0 fully saturated rings. The molecule has 0 bridgehead atoms. The molecule has 0 aliphatic carbocycles. The molecule has 162 valence electrons. The molecule has 1 amide bonds. The number of halogens is 1. The highest BCUT2D eigenvalue weighted by atomic mass is 19.1. The summed E-state index contributed by atoms with van der Waals surface area (Å²) < 4.78 is 34.6. The Morgan fingerprint density at radius 1 is 1.00 bits per heavy atom. The zero-order valence-corrected chi connectivity index (χ0v) is 17.7. The number of esters is 1. The average molecular weight is 419 g/mol. The molecule has 0 spiro atoms. The lowest BCUT2D eigenvalue weighted by Gasteiger charge is -2.18. The fraction of sp³-hybridized carbons (Fsp3) is 0.364. The van der Waals surface area contributed by atoms with Crippen molar-refractivity contribution in [3.8, 4) is 17.2 Å². The first kappa shape index (κ1) is 23.0. The van der Waals surface area contributed by atoms with Crippen LogP contribution >= 0.6 is 0 Å². The van der Waals surface area contributed by atoms with Gasteiger partial charge in [-0.3, -0.25) is 4.79 Å². The molecule has 30 heavy (non-hydrogen) atoms. The molecule has 0 saturated carbocycles. The molecule has 8 heteroatoms. The second kappa shape index (κ2) is 10.5. The topological polar surface area (TPSA) is 74.3 Å². The van der Waals surface area contributed by atoms with Crippen molar-refractivity contribution in [1.29, 1.82) is 0 Å². The van der Waals surface area contributed by atoms with Crippen LogP contribution in [-0.2, 0) is 16.1 Å². The number of methoxy groups -OCH3 is 2. The second-order valence-corrected chi connectivity index (χ2v) is 6.83. The monoisotopic (exact) mass is 419 g/mol. The van der Waals surface area contributed by atoms with Gasteiger partial charge in [-0.05, 0) is 49.7 Å². The first-order valence-electron chi connectivity index (χ1n) is 9.33. The van der Waals surface area contributed by atoms with Gasteiger partial charge in [0.2, 0.25) is 0 Å². The molecule has 0 aromatic heterocycles. The fourth-order valence-electron chi connectivity index (χ4n) is 2.64. The predicted octanol–water partition coefficient (Wildman–Crippen LogP) is 3.45. The minimum Gasteiger partial charge on any atom is -0.494 e. The summed E-state index contributed by atoms with van der Waals surface area (Å²) in [6.45, 7) is 3.47. The van der Waals surface area contributed by atoms with Gasteiger partial charge in [-0.25, -0.2) is 9.18 Å². The van der Waals surface area contributed by atoms with Crippen molar-refractivity contribution >= 4 is 11.9 Å². The molecular weight excluding hydrogens is 393 g/mol. The van der Waals surface area contributed by atoms with Gasteiger partial charge in [0.1, 0.15) is 0 Å². The number of amides is 1. The summed E-state index contributed by atoms with van der Waals surface area (Å²) in [6.07, 6.45) is -0.0518. The molecule has 0 saturated heterocycles. The Morgan fingerprint density at radius 2 is 1.67 bits per heavy atom. The Labute approximate surface area is 175 Å².